The van der Waals surface area contributed by atoms with Crippen LogP contribution in [0.1, 0.15) is 56.2 Å². The number of nitrogens with one attached hydrogen (secondary N) is 2. The van der Waals surface area contributed by atoms with Crippen LogP contribution in [0.15, 0.2) is 24.3 Å². The van der Waals surface area contributed by atoms with Crippen molar-refractivity contribution in [2.75, 3.05) is 0 Å². The van der Waals surface area contributed by atoms with Crippen molar-refractivity contribution in [3.63, 3.8) is 0 Å². The molecule has 1 heterocycles. The molecule has 19 heavy (non-hydrogen) atoms. The van der Waals surface area contributed by atoms with E-state index in [4.69, 9.17) is 0 Å². The highest BCUT2D eigenvalue weighted by Crippen LogP contribution is 2.17. The van der Waals surface area contributed by atoms with Crippen LogP contribution in [0.25, 0.3) is 0 Å². The van der Waals surface area contributed by atoms with Gasteiger partial charge in [0.25, 0.3) is 0 Å². The fraction of sp³-hybridized carbons (Fsp3) is 0.500. The van der Waals surface area contributed by atoms with Crippen LogP contribution in [-0.2, 0) is 6.42 Å². The molecule has 2 rings (SSSR count). The normalized spacial score (nSPS) is 14.3. The summed E-state index contributed by atoms with van der Waals surface area (Å²) in [7, 11) is 0. The van der Waals surface area contributed by atoms with Gasteiger partial charge in [0.1, 0.15) is 0 Å². The Hall–Kier alpha value is -1.75. The molecule has 0 saturated heterocycles. The molecule has 2 aromatic rings. The Kier molecular flexibility index (Phi) is 4.63. The molecular weight excluding hydrogens is 238 g/mol. The maximum absolute atomic E-state index is 3.99. The molecule has 1 aromatic heterocycles. The Labute approximate surface area is 113 Å². The smallest absolute Gasteiger partial charge is 0.191 e. The first kappa shape index (κ1) is 13.7. The van der Waals surface area contributed by atoms with Gasteiger partial charge in [0.15, 0.2) is 5.82 Å². The van der Waals surface area contributed by atoms with E-state index < -0.39 is 0 Å². The Morgan fingerprint density at radius 2 is 1.89 bits per heavy atom. The van der Waals surface area contributed by atoms with E-state index in [9.17, 15) is 0 Å². The van der Waals surface area contributed by atoms with E-state index in [1.54, 1.807) is 0 Å². The van der Waals surface area contributed by atoms with Crippen molar-refractivity contribution in [1.82, 2.24) is 25.9 Å². The third-order valence-corrected chi connectivity index (χ3v) is 3.27. The largest absolute Gasteiger partial charge is 0.301 e. The summed E-state index contributed by atoms with van der Waals surface area (Å²) in [4.78, 5) is 0. The topological polar surface area (TPSA) is 66.5 Å². The minimum Gasteiger partial charge on any atom is -0.301 e. The number of hydrogen-bond acceptors (Lipinski definition) is 4. The van der Waals surface area contributed by atoms with Crippen molar-refractivity contribution in [1.29, 1.82) is 0 Å². The maximum atomic E-state index is 3.99. The van der Waals surface area contributed by atoms with Gasteiger partial charge in [0.2, 0.25) is 0 Å². The first-order valence-electron chi connectivity index (χ1n) is 6.79. The number of H-pyrrole nitrogens is 1. The van der Waals surface area contributed by atoms with Gasteiger partial charge in [-0.15, -0.1) is 10.2 Å². The van der Waals surface area contributed by atoms with E-state index in [1.165, 1.54) is 17.5 Å². The monoisotopic (exact) mass is 259 g/mol. The molecular formula is C14H21N5. The van der Waals surface area contributed by atoms with Gasteiger partial charge < -0.3 is 5.32 Å². The first-order valence-corrected chi connectivity index (χ1v) is 6.79. The Bertz CT molecular complexity index is 477. The van der Waals surface area contributed by atoms with Crippen LogP contribution >= 0.6 is 0 Å². The third kappa shape index (κ3) is 3.61. The summed E-state index contributed by atoms with van der Waals surface area (Å²) in [5.74, 6) is 0.689. The highest BCUT2D eigenvalue weighted by molar-refractivity contribution is 5.25. The van der Waals surface area contributed by atoms with Crippen LogP contribution in [0.4, 0.5) is 0 Å². The van der Waals surface area contributed by atoms with Gasteiger partial charge in [0.05, 0.1) is 6.04 Å². The van der Waals surface area contributed by atoms with E-state index in [-0.39, 0.29) is 12.1 Å². The highest BCUT2D eigenvalue weighted by Gasteiger charge is 2.14. The van der Waals surface area contributed by atoms with Crippen molar-refractivity contribution in [2.45, 2.75) is 45.7 Å². The first-order chi connectivity index (χ1) is 9.20. The van der Waals surface area contributed by atoms with Crippen molar-refractivity contribution < 1.29 is 0 Å². The fourth-order valence-corrected chi connectivity index (χ4v) is 2.16. The van der Waals surface area contributed by atoms with E-state index in [2.05, 4.69) is 64.1 Å². The summed E-state index contributed by atoms with van der Waals surface area (Å²) in [6.07, 6.45) is 2.32. The predicted octanol–water partition coefficient (Wildman–Crippen LogP) is 2.56. The standard InChI is InChI=1S/C14H21N5/c1-4-5-12-6-8-13(9-7-12)10(2)15-11(3)14-16-18-19-17-14/h6-11,15H,4-5H2,1-3H3,(H,16,17,18,19). The molecule has 0 fully saturated rings. The molecule has 2 N–H and O–H groups in total. The highest BCUT2D eigenvalue weighted by atomic mass is 15.5. The molecule has 0 aliphatic rings. The molecule has 0 aliphatic heterocycles. The fourth-order valence-electron chi connectivity index (χ4n) is 2.16. The van der Waals surface area contributed by atoms with Gasteiger partial charge in [-0.2, -0.15) is 5.21 Å². The van der Waals surface area contributed by atoms with Crippen molar-refractivity contribution in [3.8, 4) is 0 Å². The van der Waals surface area contributed by atoms with Gasteiger partial charge in [-0.05, 0) is 31.4 Å². The maximum Gasteiger partial charge on any atom is 0.191 e. The number of tetrazole rings is 1. The van der Waals surface area contributed by atoms with Gasteiger partial charge in [-0.3, -0.25) is 0 Å². The van der Waals surface area contributed by atoms with Crippen LogP contribution in [0.3, 0.4) is 0 Å². The number of aryl methyl sites for hydroxylation is 1. The summed E-state index contributed by atoms with van der Waals surface area (Å²) >= 11 is 0. The lowest BCUT2D eigenvalue weighted by Crippen LogP contribution is -2.23. The molecule has 2 atom stereocenters. The molecule has 5 heteroatoms. The molecule has 102 valence electrons. The molecule has 0 saturated carbocycles. The number of aromatic amines is 1. The average Bonchev–Trinajstić information content (AvgIpc) is 2.94. The van der Waals surface area contributed by atoms with E-state index in [1.807, 2.05) is 6.92 Å². The van der Waals surface area contributed by atoms with Gasteiger partial charge >= 0.3 is 0 Å². The van der Waals surface area contributed by atoms with Gasteiger partial charge in [0, 0.05) is 6.04 Å². The quantitative estimate of drug-likeness (QED) is 0.836. The SMILES string of the molecule is CCCc1ccc(C(C)NC(C)c2nn[nH]n2)cc1. The molecule has 1 aromatic carbocycles. The van der Waals surface area contributed by atoms with Crippen molar-refractivity contribution in [2.24, 2.45) is 0 Å². The third-order valence-electron chi connectivity index (χ3n) is 3.27. The number of rotatable bonds is 6. The molecule has 0 amide bonds. The lowest BCUT2D eigenvalue weighted by Gasteiger charge is -2.18. The minimum absolute atomic E-state index is 0.0732. The van der Waals surface area contributed by atoms with E-state index in [0.717, 1.165) is 6.42 Å². The van der Waals surface area contributed by atoms with Crippen LogP contribution in [0.5, 0.6) is 0 Å². The van der Waals surface area contributed by atoms with Crippen molar-refractivity contribution in [3.05, 3.63) is 41.2 Å². The molecule has 0 aliphatic carbocycles. The summed E-state index contributed by atoms with van der Waals surface area (Å²) in [6.45, 7) is 6.38. The van der Waals surface area contributed by atoms with Gasteiger partial charge in [-0.1, -0.05) is 42.8 Å². The second-order valence-electron chi connectivity index (χ2n) is 4.87. The number of aromatic nitrogens is 4. The molecule has 5 nitrogen and oxygen atoms in total. The van der Waals surface area contributed by atoms with E-state index in [0.29, 0.717) is 5.82 Å². The average molecular weight is 259 g/mol. The number of benzene rings is 1. The second kappa shape index (κ2) is 6.43. The number of hydrogen-bond donors (Lipinski definition) is 2. The van der Waals surface area contributed by atoms with Crippen molar-refractivity contribution >= 4 is 0 Å². The molecule has 0 radical (unpaired) electrons. The Morgan fingerprint density at radius 3 is 2.47 bits per heavy atom. The molecule has 0 bridgehead atoms. The van der Waals surface area contributed by atoms with Crippen LogP contribution in [-0.4, -0.2) is 20.6 Å². The summed E-state index contributed by atoms with van der Waals surface area (Å²) in [5, 5.41) is 17.5. The summed E-state index contributed by atoms with van der Waals surface area (Å²) in [5.41, 5.74) is 2.67. The zero-order valence-corrected chi connectivity index (χ0v) is 11.7. The molecule has 2 unspecified atom stereocenters. The van der Waals surface area contributed by atoms with Gasteiger partial charge in [-0.25, -0.2) is 0 Å². The predicted molar refractivity (Wildman–Crippen MR) is 74.6 cm³/mol. The molecule has 0 spiro atoms. The van der Waals surface area contributed by atoms with Crippen LogP contribution in [0, 0.1) is 0 Å². The zero-order valence-electron chi connectivity index (χ0n) is 11.7. The number of nitrogens with zero attached hydrogens (tertiary/aromatic N) is 3. The van der Waals surface area contributed by atoms with Crippen LogP contribution in [0.2, 0.25) is 0 Å². The Morgan fingerprint density at radius 1 is 1.16 bits per heavy atom. The summed E-state index contributed by atoms with van der Waals surface area (Å²) < 4.78 is 0. The lowest BCUT2D eigenvalue weighted by atomic mass is 10.0. The van der Waals surface area contributed by atoms with Crippen LogP contribution < -0.4 is 5.32 Å². The Balaban J connectivity index is 1.97. The summed E-state index contributed by atoms with van der Waals surface area (Å²) in [6, 6.07) is 9.11. The zero-order chi connectivity index (χ0) is 13.7. The lowest BCUT2D eigenvalue weighted by molar-refractivity contribution is 0.477. The minimum atomic E-state index is 0.0732. The second-order valence-corrected chi connectivity index (χ2v) is 4.87. The van der Waals surface area contributed by atoms with E-state index >= 15 is 0 Å².